The summed E-state index contributed by atoms with van der Waals surface area (Å²) in [4.78, 5) is 2.24. The van der Waals surface area contributed by atoms with E-state index in [0.29, 0.717) is 5.56 Å². The van der Waals surface area contributed by atoms with Crippen molar-refractivity contribution in [2.45, 2.75) is 18.4 Å². The molecular formula is C13H17N3O. The Bertz CT molecular complexity index is 413. The highest BCUT2D eigenvalue weighted by molar-refractivity contribution is 5.50. The summed E-state index contributed by atoms with van der Waals surface area (Å²) in [5, 5.41) is 17.9. The van der Waals surface area contributed by atoms with Crippen LogP contribution >= 0.6 is 0 Å². The first-order valence-corrected chi connectivity index (χ1v) is 5.82. The molecule has 1 fully saturated rings. The van der Waals surface area contributed by atoms with Crippen LogP contribution in [0.1, 0.15) is 18.4 Å². The summed E-state index contributed by atoms with van der Waals surface area (Å²) in [6.07, 6.45) is 1.59. The molecule has 0 bridgehead atoms. The largest absolute Gasteiger partial charge is 0.394 e. The zero-order chi connectivity index (χ0) is 12.3. The van der Waals surface area contributed by atoms with Crippen LogP contribution in [0.15, 0.2) is 24.3 Å². The van der Waals surface area contributed by atoms with Crippen molar-refractivity contribution in [3.05, 3.63) is 29.8 Å². The van der Waals surface area contributed by atoms with Crippen LogP contribution in [-0.4, -0.2) is 30.3 Å². The standard InChI is InChI=1S/C13H17N3O/c14-9-11-1-3-12(4-2-11)16-7-5-13(15,10-17)6-8-16/h1-4,17H,5-8,10,15H2. The van der Waals surface area contributed by atoms with Gasteiger partial charge in [-0.25, -0.2) is 0 Å². The minimum absolute atomic E-state index is 0.0498. The van der Waals surface area contributed by atoms with Crippen molar-refractivity contribution in [2.24, 2.45) is 5.73 Å². The highest BCUT2D eigenvalue weighted by atomic mass is 16.3. The lowest BCUT2D eigenvalue weighted by Crippen LogP contribution is -2.52. The Hall–Kier alpha value is -1.57. The van der Waals surface area contributed by atoms with Crippen LogP contribution in [0, 0.1) is 11.3 Å². The number of nitrogens with two attached hydrogens (primary N) is 1. The number of piperidine rings is 1. The molecule has 0 radical (unpaired) electrons. The van der Waals surface area contributed by atoms with Crippen molar-refractivity contribution in [1.82, 2.24) is 0 Å². The number of hydrogen-bond acceptors (Lipinski definition) is 4. The van der Waals surface area contributed by atoms with E-state index in [2.05, 4.69) is 11.0 Å². The zero-order valence-electron chi connectivity index (χ0n) is 9.76. The molecule has 2 rings (SSSR count). The summed E-state index contributed by atoms with van der Waals surface area (Å²) < 4.78 is 0. The van der Waals surface area contributed by atoms with Gasteiger partial charge in [-0.1, -0.05) is 0 Å². The Balaban J connectivity index is 2.03. The summed E-state index contributed by atoms with van der Waals surface area (Å²) in [5.74, 6) is 0. The molecule has 4 nitrogen and oxygen atoms in total. The summed E-state index contributed by atoms with van der Waals surface area (Å²) in [6.45, 7) is 1.75. The molecule has 1 heterocycles. The van der Waals surface area contributed by atoms with Gasteiger partial charge in [0.15, 0.2) is 0 Å². The van der Waals surface area contributed by atoms with E-state index in [9.17, 15) is 5.11 Å². The molecule has 17 heavy (non-hydrogen) atoms. The third-order valence-corrected chi connectivity index (χ3v) is 3.44. The topological polar surface area (TPSA) is 73.3 Å². The molecule has 0 aliphatic carbocycles. The third-order valence-electron chi connectivity index (χ3n) is 3.44. The fourth-order valence-corrected chi connectivity index (χ4v) is 2.12. The molecule has 0 unspecified atom stereocenters. The second kappa shape index (κ2) is 4.74. The van der Waals surface area contributed by atoms with Gasteiger partial charge < -0.3 is 15.7 Å². The van der Waals surface area contributed by atoms with Crippen LogP contribution in [0.25, 0.3) is 0 Å². The fraction of sp³-hybridized carbons (Fsp3) is 0.462. The summed E-state index contributed by atoms with van der Waals surface area (Å²) in [5.41, 5.74) is 7.40. The van der Waals surface area contributed by atoms with Gasteiger partial charge in [0.1, 0.15) is 0 Å². The maximum absolute atomic E-state index is 9.20. The molecule has 0 atom stereocenters. The summed E-state index contributed by atoms with van der Waals surface area (Å²) in [7, 11) is 0. The van der Waals surface area contributed by atoms with E-state index in [0.717, 1.165) is 31.6 Å². The molecule has 1 saturated heterocycles. The summed E-state index contributed by atoms with van der Waals surface area (Å²) in [6, 6.07) is 9.68. The SMILES string of the molecule is N#Cc1ccc(N2CCC(N)(CO)CC2)cc1. The lowest BCUT2D eigenvalue weighted by molar-refractivity contribution is 0.170. The maximum Gasteiger partial charge on any atom is 0.0991 e. The molecule has 1 aliphatic rings. The smallest absolute Gasteiger partial charge is 0.0991 e. The summed E-state index contributed by atoms with van der Waals surface area (Å²) >= 11 is 0. The number of nitriles is 1. The lowest BCUT2D eigenvalue weighted by Gasteiger charge is -2.39. The Morgan fingerprint density at radius 1 is 1.29 bits per heavy atom. The van der Waals surface area contributed by atoms with Gasteiger partial charge in [-0.2, -0.15) is 5.26 Å². The molecule has 0 saturated carbocycles. The van der Waals surface area contributed by atoms with Gasteiger partial charge in [-0.15, -0.1) is 0 Å². The van der Waals surface area contributed by atoms with Gasteiger partial charge in [0.25, 0.3) is 0 Å². The first kappa shape index (κ1) is 11.9. The number of hydrogen-bond donors (Lipinski definition) is 2. The van der Waals surface area contributed by atoms with Crippen LogP contribution in [0.4, 0.5) is 5.69 Å². The second-order valence-corrected chi connectivity index (χ2v) is 4.67. The second-order valence-electron chi connectivity index (χ2n) is 4.67. The van der Waals surface area contributed by atoms with Gasteiger partial charge >= 0.3 is 0 Å². The molecule has 0 aromatic heterocycles. The zero-order valence-corrected chi connectivity index (χ0v) is 9.76. The highest BCUT2D eigenvalue weighted by Gasteiger charge is 2.29. The van der Waals surface area contributed by atoms with Gasteiger partial charge in [0, 0.05) is 24.3 Å². The number of aliphatic hydroxyl groups excluding tert-OH is 1. The van der Waals surface area contributed by atoms with Crippen molar-refractivity contribution in [3.8, 4) is 6.07 Å². The highest BCUT2D eigenvalue weighted by Crippen LogP contribution is 2.24. The van der Waals surface area contributed by atoms with E-state index in [4.69, 9.17) is 11.0 Å². The third kappa shape index (κ3) is 2.57. The molecule has 3 N–H and O–H groups in total. The Labute approximate surface area is 101 Å². The first-order valence-electron chi connectivity index (χ1n) is 5.82. The van der Waals surface area contributed by atoms with E-state index < -0.39 is 5.54 Å². The van der Waals surface area contributed by atoms with E-state index in [1.54, 1.807) is 0 Å². The van der Waals surface area contributed by atoms with Crippen LogP contribution in [0.3, 0.4) is 0 Å². The Morgan fingerprint density at radius 3 is 2.35 bits per heavy atom. The molecule has 4 heteroatoms. The predicted molar refractivity (Wildman–Crippen MR) is 66.6 cm³/mol. The van der Waals surface area contributed by atoms with Crippen LogP contribution in [-0.2, 0) is 0 Å². The predicted octanol–water partition coefficient (Wildman–Crippen LogP) is 0.848. The van der Waals surface area contributed by atoms with Gasteiger partial charge in [0.05, 0.1) is 18.2 Å². The average molecular weight is 231 g/mol. The molecular weight excluding hydrogens is 214 g/mol. The Morgan fingerprint density at radius 2 is 1.88 bits per heavy atom. The van der Waals surface area contributed by atoms with Crippen molar-refractivity contribution in [1.29, 1.82) is 5.26 Å². The van der Waals surface area contributed by atoms with Crippen LogP contribution in [0.5, 0.6) is 0 Å². The van der Waals surface area contributed by atoms with Gasteiger partial charge in [0.2, 0.25) is 0 Å². The number of rotatable bonds is 2. The van der Waals surface area contributed by atoms with Crippen LogP contribution < -0.4 is 10.6 Å². The van der Waals surface area contributed by atoms with E-state index in [1.165, 1.54) is 0 Å². The van der Waals surface area contributed by atoms with Crippen molar-refractivity contribution in [3.63, 3.8) is 0 Å². The van der Waals surface area contributed by atoms with Crippen molar-refractivity contribution < 1.29 is 5.11 Å². The fourth-order valence-electron chi connectivity index (χ4n) is 2.12. The number of aliphatic hydroxyl groups is 1. The van der Waals surface area contributed by atoms with Gasteiger partial charge in [-0.3, -0.25) is 0 Å². The molecule has 1 aromatic carbocycles. The minimum atomic E-state index is -0.414. The van der Waals surface area contributed by atoms with Crippen molar-refractivity contribution in [2.75, 3.05) is 24.6 Å². The van der Waals surface area contributed by atoms with E-state index in [-0.39, 0.29) is 6.61 Å². The monoisotopic (exact) mass is 231 g/mol. The number of anilines is 1. The van der Waals surface area contributed by atoms with E-state index >= 15 is 0 Å². The van der Waals surface area contributed by atoms with Crippen molar-refractivity contribution >= 4 is 5.69 Å². The number of benzene rings is 1. The molecule has 90 valence electrons. The Kier molecular flexibility index (Phi) is 3.32. The normalized spacial score (nSPS) is 18.8. The first-order chi connectivity index (χ1) is 8.17. The molecule has 0 spiro atoms. The van der Waals surface area contributed by atoms with Crippen LogP contribution in [0.2, 0.25) is 0 Å². The lowest BCUT2D eigenvalue weighted by atomic mass is 9.89. The maximum atomic E-state index is 9.20. The molecule has 0 amide bonds. The number of nitrogens with zero attached hydrogens (tertiary/aromatic N) is 2. The minimum Gasteiger partial charge on any atom is -0.394 e. The molecule has 1 aromatic rings. The van der Waals surface area contributed by atoms with E-state index in [1.807, 2.05) is 24.3 Å². The molecule has 1 aliphatic heterocycles. The average Bonchev–Trinajstić information content (AvgIpc) is 2.40. The van der Waals surface area contributed by atoms with Gasteiger partial charge in [-0.05, 0) is 37.1 Å². The quantitative estimate of drug-likeness (QED) is 0.791.